The van der Waals surface area contributed by atoms with Gasteiger partial charge in [-0.2, -0.15) is 0 Å². The number of piperidine rings is 1. The van der Waals surface area contributed by atoms with Gasteiger partial charge in [-0.1, -0.05) is 0 Å². The van der Waals surface area contributed by atoms with Crippen LogP contribution in [0.3, 0.4) is 0 Å². The normalized spacial score (nSPS) is 18.4. The number of non-ortho nitro benzene ring substituents is 1. The first-order chi connectivity index (χ1) is 8.99. The molecule has 1 aromatic carbocycles. The highest BCUT2D eigenvalue weighted by Gasteiger charge is 2.24. The minimum absolute atomic E-state index is 0.131. The van der Waals surface area contributed by atoms with Crippen molar-refractivity contribution in [1.29, 1.82) is 0 Å². The molecule has 1 aromatic rings. The molecule has 0 bridgehead atoms. The van der Waals surface area contributed by atoms with E-state index in [0.29, 0.717) is 5.92 Å². The maximum atomic E-state index is 10.7. The maximum absolute atomic E-state index is 10.7. The molecule has 1 saturated heterocycles. The topological polar surface area (TPSA) is 66.6 Å². The minimum atomic E-state index is -0.369. The van der Waals surface area contributed by atoms with Crippen molar-refractivity contribution < 1.29 is 10.0 Å². The number of aliphatic hydroxyl groups is 1. The van der Waals surface area contributed by atoms with E-state index in [4.69, 9.17) is 0 Å². The summed E-state index contributed by atoms with van der Waals surface area (Å²) >= 11 is 2.14. The summed E-state index contributed by atoms with van der Waals surface area (Å²) in [5.74, 6) is 0.368. The molecule has 0 aromatic heterocycles. The van der Waals surface area contributed by atoms with E-state index < -0.39 is 0 Å². The molecule has 1 aliphatic heterocycles. The number of benzene rings is 1. The quantitative estimate of drug-likeness (QED) is 0.501. The second kappa shape index (κ2) is 6.04. The molecular weight excluding hydrogens is 359 g/mol. The molecule has 0 radical (unpaired) electrons. The predicted molar refractivity (Wildman–Crippen MR) is 82.4 cm³/mol. The summed E-state index contributed by atoms with van der Waals surface area (Å²) in [5, 5.41) is 20.3. The van der Waals surface area contributed by atoms with Gasteiger partial charge >= 0.3 is 0 Å². The van der Waals surface area contributed by atoms with Crippen LogP contribution >= 0.6 is 22.6 Å². The van der Waals surface area contributed by atoms with Gasteiger partial charge in [0.05, 0.1) is 16.7 Å². The molecule has 1 atom stereocenters. The van der Waals surface area contributed by atoms with E-state index in [1.807, 2.05) is 13.0 Å². The Labute approximate surface area is 125 Å². The number of hydrogen-bond donors (Lipinski definition) is 1. The Balaban J connectivity index is 2.09. The van der Waals surface area contributed by atoms with Gasteiger partial charge in [-0.15, -0.1) is 0 Å². The van der Waals surface area contributed by atoms with Crippen molar-refractivity contribution in [2.24, 2.45) is 5.92 Å². The largest absolute Gasteiger partial charge is 0.393 e. The van der Waals surface area contributed by atoms with Crippen LogP contribution in [-0.4, -0.2) is 29.2 Å². The number of rotatable bonds is 3. The highest BCUT2D eigenvalue weighted by Crippen LogP contribution is 2.30. The standard InChI is InChI=1S/C13H17IN2O3/c1-9(17)10-4-6-15(7-5-10)13-3-2-11(16(18)19)8-12(13)14/h2-3,8-10,17H,4-7H2,1H3. The lowest BCUT2D eigenvalue weighted by molar-refractivity contribution is -0.384. The summed E-state index contributed by atoms with van der Waals surface area (Å²) in [6.07, 6.45) is 1.67. The van der Waals surface area contributed by atoms with Crippen LogP contribution in [-0.2, 0) is 0 Å². The maximum Gasteiger partial charge on any atom is 0.270 e. The number of aliphatic hydroxyl groups excluding tert-OH is 1. The Bertz CT molecular complexity index is 471. The van der Waals surface area contributed by atoms with Crippen molar-refractivity contribution >= 4 is 34.0 Å². The number of nitro groups is 1. The fourth-order valence-corrected chi connectivity index (χ4v) is 3.33. The second-order valence-corrected chi connectivity index (χ2v) is 6.12. The van der Waals surface area contributed by atoms with E-state index in [2.05, 4.69) is 27.5 Å². The summed E-state index contributed by atoms with van der Waals surface area (Å²) in [6, 6.07) is 4.98. The van der Waals surface area contributed by atoms with E-state index in [1.165, 1.54) is 0 Å². The molecule has 2 rings (SSSR count). The van der Waals surface area contributed by atoms with E-state index >= 15 is 0 Å². The molecule has 0 saturated carbocycles. The smallest absolute Gasteiger partial charge is 0.270 e. The van der Waals surface area contributed by atoms with Gasteiger partial charge in [-0.25, -0.2) is 0 Å². The molecule has 1 fully saturated rings. The van der Waals surface area contributed by atoms with Crippen LogP contribution in [0.5, 0.6) is 0 Å². The number of nitro benzene ring substituents is 1. The zero-order valence-electron chi connectivity index (χ0n) is 10.8. The van der Waals surface area contributed by atoms with Gasteiger partial charge in [-0.3, -0.25) is 10.1 Å². The molecule has 0 spiro atoms. The van der Waals surface area contributed by atoms with Gasteiger partial charge in [0.15, 0.2) is 0 Å². The van der Waals surface area contributed by atoms with E-state index in [1.54, 1.807) is 12.1 Å². The fraction of sp³-hybridized carbons (Fsp3) is 0.538. The van der Waals surface area contributed by atoms with Gasteiger partial charge in [0.1, 0.15) is 0 Å². The third-order valence-corrected chi connectivity index (χ3v) is 4.57. The number of nitrogens with zero attached hydrogens (tertiary/aromatic N) is 2. The lowest BCUT2D eigenvalue weighted by Gasteiger charge is -2.35. The van der Waals surface area contributed by atoms with E-state index in [-0.39, 0.29) is 16.7 Å². The third kappa shape index (κ3) is 3.36. The Hall–Kier alpha value is -0.890. The van der Waals surface area contributed by atoms with Gasteiger partial charge in [0, 0.05) is 28.8 Å². The predicted octanol–water partition coefficient (Wildman–Crippen LogP) is 2.80. The average molecular weight is 376 g/mol. The van der Waals surface area contributed by atoms with E-state index in [9.17, 15) is 15.2 Å². The molecule has 1 heterocycles. The average Bonchev–Trinajstić information content (AvgIpc) is 2.38. The van der Waals surface area contributed by atoms with Gasteiger partial charge < -0.3 is 10.0 Å². The highest BCUT2D eigenvalue weighted by molar-refractivity contribution is 14.1. The first kappa shape index (κ1) is 14.5. The Morgan fingerprint density at radius 3 is 2.58 bits per heavy atom. The van der Waals surface area contributed by atoms with Crippen molar-refractivity contribution in [2.75, 3.05) is 18.0 Å². The summed E-state index contributed by atoms with van der Waals surface area (Å²) in [4.78, 5) is 12.6. The minimum Gasteiger partial charge on any atom is -0.393 e. The first-order valence-corrected chi connectivity index (χ1v) is 7.44. The van der Waals surface area contributed by atoms with Crippen LogP contribution in [0.1, 0.15) is 19.8 Å². The van der Waals surface area contributed by atoms with Crippen LogP contribution in [0.2, 0.25) is 0 Å². The summed E-state index contributed by atoms with van der Waals surface area (Å²) < 4.78 is 0.905. The zero-order valence-corrected chi connectivity index (χ0v) is 12.9. The van der Waals surface area contributed by atoms with Crippen molar-refractivity contribution in [2.45, 2.75) is 25.9 Å². The fourth-order valence-electron chi connectivity index (χ4n) is 2.49. The van der Waals surface area contributed by atoms with Crippen LogP contribution in [0.4, 0.5) is 11.4 Å². The van der Waals surface area contributed by atoms with Gasteiger partial charge in [0.25, 0.3) is 5.69 Å². The summed E-state index contributed by atoms with van der Waals surface area (Å²) in [7, 11) is 0. The number of hydrogen-bond acceptors (Lipinski definition) is 4. The monoisotopic (exact) mass is 376 g/mol. The van der Waals surface area contributed by atoms with Gasteiger partial charge in [-0.05, 0) is 54.3 Å². The van der Waals surface area contributed by atoms with Crippen LogP contribution < -0.4 is 4.90 Å². The molecule has 0 amide bonds. The molecule has 0 aliphatic carbocycles. The van der Waals surface area contributed by atoms with Crippen molar-refractivity contribution in [3.63, 3.8) is 0 Å². The molecular formula is C13H17IN2O3. The van der Waals surface area contributed by atoms with Crippen molar-refractivity contribution in [3.8, 4) is 0 Å². The Morgan fingerprint density at radius 2 is 2.11 bits per heavy atom. The molecule has 19 heavy (non-hydrogen) atoms. The van der Waals surface area contributed by atoms with Gasteiger partial charge in [0.2, 0.25) is 0 Å². The molecule has 104 valence electrons. The molecule has 1 aliphatic rings. The van der Waals surface area contributed by atoms with Crippen LogP contribution in [0, 0.1) is 19.6 Å². The number of halogens is 1. The van der Waals surface area contributed by atoms with Crippen molar-refractivity contribution in [3.05, 3.63) is 31.9 Å². The molecule has 6 heteroatoms. The van der Waals surface area contributed by atoms with Crippen LogP contribution in [0.15, 0.2) is 18.2 Å². The highest BCUT2D eigenvalue weighted by atomic mass is 127. The lowest BCUT2D eigenvalue weighted by Crippen LogP contribution is -2.37. The summed E-state index contributed by atoms with van der Waals surface area (Å²) in [5.41, 5.74) is 1.18. The lowest BCUT2D eigenvalue weighted by atomic mass is 9.92. The third-order valence-electron chi connectivity index (χ3n) is 3.70. The molecule has 1 unspecified atom stereocenters. The molecule has 5 nitrogen and oxygen atoms in total. The Morgan fingerprint density at radius 1 is 1.47 bits per heavy atom. The molecule has 1 N–H and O–H groups in total. The summed E-state index contributed by atoms with van der Waals surface area (Å²) in [6.45, 7) is 3.63. The van der Waals surface area contributed by atoms with E-state index in [0.717, 1.165) is 35.2 Å². The Kier molecular flexibility index (Phi) is 4.62. The second-order valence-electron chi connectivity index (χ2n) is 4.96. The SMILES string of the molecule is CC(O)C1CCN(c2ccc([N+](=O)[O-])cc2I)CC1. The zero-order chi connectivity index (χ0) is 14.0. The van der Waals surface area contributed by atoms with Crippen molar-refractivity contribution in [1.82, 2.24) is 0 Å². The van der Waals surface area contributed by atoms with Crippen LogP contribution in [0.25, 0.3) is 0 Å². The number of anilines is 1. The first-order valence-electron chi connectivity index (χ1n) is 6.36.